The lowest BCUT2D eigenvalue weighted by molar-refractivity contribution is -0.128. The van der Waals surface area contributed by atoms with Crippen LogP contribution in [0, 0.1) is 13.8 Å². The number of rotatable bonds is 3. The van der Waals surface area contributed by atoms with Crippen molar-refractivity contribution in [2.45, 2.75) is 33.4 Å². The van der Waals surface area contributed by atoms with Gasteiger partial charge in [-0.3, -0.25) is 4.79 Å². The van der Waals surface area contributed by atoms with E-state index in [-0.39, 0.29) is 5.91 Å². The van der Waals surface area contributed by atoms with Crippen LogP contribution in [0.4, 0.5) is 0 Å². The molecule has 1 aromatic rings. The second-order valence-corrected chi connectivity index (χ2v) is 3.82. The fraction of sp³-hybridized carbons (Fsp3) is 0.417. The monoisotopic (exact) mass is 207 g/mol. The maximum absolute atomic E-state index is 11.1. The van der Waals surface area contributed by atoms with Crippen LogP contribution in [-0.2, 0) is 11.3 Å². The third kappa shape index (κ3) is 3.36. The summed E-state index contributed by atoms with van der Waals surface area (Å²) in [4.78, 5) is 11.1. The Morgan fingerprint density at radius 2 is 2.13 bits per heavy atom. The number of carbonyl (C=O) groups excluding carboxylic acids is 1. The van der Waals surface area contributed by atoms with E-state index >= 15 is 0 Å². The molecular weight excluding hydrogens is 190 g/mol. The fourth-order valence-electron chi connectivity index (χ4n) is 1.37. The fourth-order valence-corrected chi connectivity index (χ4v) is 1.37. The summed E-state index contributed by atoms with van der Waals surface area (Å²) in [5, 5.41) is 11.7. The van der Waals surface area contributed by atoms with Crippen molar-refractivity contribution in [3.05, 3.63) is 34.9 Å². The zero-order valence-corrected chi connectivity index (χ0v) is 9.37. The van der Waals surface area contributed by atoms with Crippen LogP contribution in [0.2, 0.25) is 0 Å². The summed E-state index contributed by atoms with van der Waals surface area (Å²) >= 11 is 0. The summed E-state index contributed by atoms with van der Waals surface area (Å²) in [6.07, 6.45) is -0.948. The second kappa shape index (κ2) is 4.94. The van der Waals surface area contributed by atoms with Gasteiger partial charge in [0.1, 0.15) is 6.10 Å². The van der Waals surface area contributed by atoms with E-state index in [1.807, 2.05) is 26.0 Å². The Morgan fingerprint density at radius 3 is 2.67 bits per heavy atom. The molecule has 2 N–H and O–H groups in total. The number of aliphatic hydroxyl groups is 1. The third-order valence-corrected chi connectivity index (χ3v) is 2.33. The van der Waals surface area contributed by atoms with Gasteiger partial charge >= 0.3 is 0 Å². The molecule has 0 bridgehead atoms. The van der Waals surface area contributed by atoms with Crippen molar-refractivity contribution in [3.63, 3.8) is 0 Å². The molecule has 0 aliphatic carbocycles. The summed E-state index contributed by atoms with van der Waals surface area (Å²) in [6.45, 7) is 5.97. The maximum Gasteiger partial charge on any atom is 0.248 e. The quantitative estimate of drug-likeness (QED) is 0.785. The van der Waals surface area contributed by atoms with Crippen molar-refractivity contribution in [2.75, 3.05) is 0 Å². The first kappa shape index (κ1) is 11.7. The van der Waals surface area contributed by atoms with Crippen molar-refractivity contribution in [1.82, 2.24) is 5.32 Å². The topological polar surface area (TPSA) is 49.3 Å². The molecule has 0 aliphatic rings. The molecule has 0 fully saturated rings. The van der Waals surface area contributed by atoms with Crippen LogP contribution < -0.4 is 5.32 Å². The minimum atomic E-state index is -0.948. The van der Waals surface area contributed by atoms with Crippen LogP contribution in [0.1, 0.15) is 23.6 Å². The zero-order chi connectivity index (χ0) is 11.4. The van der Waals surface area contributed by atoms with Crippen LogP contribution in [0.15, 0.2) is 18.2 Å². The van der Waals surface area contributed by atoms with Crippen molar-refractivity contribution < 1.29 is 9.90 Å². The van der Waals surface area contributed by atoms with E-state index in [1.54, 1.807) is 0 Å². The van der Waals surface area contributed by atoms with E-state index in [1.165, 1.54) is 12.5 Å². The van der Waals surface area contributed by atoms with Crippen molar-refractivity contribution in [3.8, 4) is 0 Å². The zero-order valence-electron chi connectivity index (χ0n) is 9.37. The van der Waals surface area contributed by atoms with Crippen LogP contribution in [0.3, 0.4) is 0 Å². The average molecular weight is 207 g/mol. The Labute approximate surface area is 90.1 Å². The molecule has 0 saturated carbocycles. The molecule has 0 radical (unpaired) electrons. The van der Waals surface area contributed by atoms with Crippen LogP contribution in [-0.4, -0.2) is 17.1 Å². The Morgan fingerprint density at radius 1 is 1.47 bits per heavy atom. The minimum absolute atomic E-state index is 0.338. The summed E-state index contributed by atoms with van der Waals surface area (Å²) in [6, 6.07) is 6.08. The highest BCUT2D eigenvalue weighted by Gasteiger charge is 2.08. The highest BCUT2D eigenvalue weighted by molar-refractivity contribution is 5.79. The van der Waals surface area contributed by atoms with Gasteiger partial charge in [0, 0.05) is 6.54 Å². The number of hydrogen-bond acceptors (Lipinski definition) is 2. The Bertz CT molecular complexity index is 359. The number of hydrogen-bond donors (Lipinski definition) is 2. The number of carbonyl (C=O) groups is 1. The van der Waals surface area contributed by atoms with Gasteiger partial charge in [0.2, 0.25) is 5.91 Å². The summed E-state index contributed by atoms with van der Waals surface area (Å²) < 4.78 is 0. The van der Waals surface area contributed by atoms with Crippen molar-refractivity contribution in [1.29, 1.82) is 0 Å². The van der Waals surface area contributed by atoms with Gasteiger partial charge in [-0.25, -0.2) is 0 Å². The lowest BCUT2D eigenvalue weighted by Gasteiger charge is -2.09. The number of nitrogens with one attached hydrogen (secondary N) is 1. The summed E-state index contributed by atoms with van der Waals surface area (Å²) in [5.41, 5.74) is 3.44. The molecular formula is C12H17NO2. The van der Waals surface area contributed by atoms with Gasteiger partial charge in [-0.05, 0) is 31.9 Å². The molecule has 0 saturated heterocycles. The summed E-state index contributed by atoms with van der Waals surface area (Å²) in [5.74, 6) is -0.338. The Kier molecular flexibility index (Phi) is 3.86. The second-order valence-electron chi connectivity index (χ2n) is 3.82. The minimum Gasteiger partial charge on any atom is -0.384 e. The molecule has 1 unspecified atom stereocenters. The van der Waals surface area contributed by atoms with Gasteiger partial charge in [0.25, 0.3) is 0 Å². The van der Waals surface area contributed by atoms with Crippen molar-refractivity contribution in [2.24, 2.45) is 0 Å². The Balaban J connectivity index is 2.62. The van der Waals surface area contributed by atoms with E-state index < -0.39 is 6.10 Å². The number of benzene rings is 1. The van der Waals surface area contributed by atoms with Gasteiger partial charge in [-0.2, -0.15) is 0 Å². The van der Waals surface area contributed by atoms with E-state index in [0.29, 0.717) is 6.54 Å². The smallest absolute Gasteiger partial charge is 0.248 e. The van der Waals surface area contributed by atoms with E-state index in [0.717, 1.165) is 11.1 Å². The van der Waals surface area contributed by atoms with Crippen LogP contribution in [0.25, 0.3) is 0 Å². The maximum atomic E-state index is 11.1. The highest BCUT2D eigenvalue weighted by Crippen LogP contribution is 2.09. The predicted octanol–water partition coefficient (Wildman–Crippen LogP) is 1.30. The standard InChI is InChI=1S/C12H17NO2/c1-8-4-5-11(9(2)6-8)7-13-12(15)10(3)14/h4-6,10,14H,7H2,1-3H3,(H,13,15). The molecule has 0 aromatic heterocycles. The lowest BCUT2D eigenvalue weighted by atomic mass is 10.1. The predicted molar refractivity (Wildman–Crippen MR) is 59.4 cm³/mol. The number of amides is 1. The molecule has 1 atom stereocenters. The molecule has 0 aliphatic heterocycles. The molecule has 1 amide bonds. The van der Waals surface area contributed by atoms with Crippen LogP contribution in [0.5, 0.6) is 0 Å². The third-order valence-electron chi connectivity index (χ3n) is 2.33. The van der Waals surface area contributed by atoms with Gasteiger partial charge in [-0.1, -0.05) is 23.8 Å². The SMILES string of the molecule is Cc1ccc(CNC(=O)C(C)O)c(C)c1. The average Bonchev–Trinajstić information content (AvgIpc) is 2.15. The molecule has 82 valence electrons. The van der Waals surface area contributed by atoms with E-state index in [4.69, 9.17) is 5.11 Å². The normalized spacial score (nSPS) is 12.3. The largest absolute Gasteiger partial charge is 0.384 e. The van der Waals surface area contributed by atoms with Gasteiger partial charge in [0.05, 0.1) is 0 Å². The molecule has 1 aromatic carbocycles. The Hall–Kier alpha value is -1.35. The number of aliphatic hydroxyl groups excluding tert-OH is 1. The van der Waals surface area contributed by atoms with Crippen molar-refractivity contribution >= 4 is 5.91 Å². The van der Waals surface area contributed by atoms with Gasteiger partial charge in [0.15, 0.2) is 0 Å². The molecule has 1 rings (SSSR count). The molecule has 15 heavy (non-hydrogen) atoms. The van der Waals surface area contributed by atoms with E-state index in [2.05, 4.69) is 11.4 Å². The highest BCUT2D eigenvalue weighted by atomic mass is 16.3. The van der Waals surface area contributed by atoms with Gasteiger partial charge < -0.3 is 10.4 Å². The van der Waals surface area contributed by atoms with E-state index in [9.17, 15) is 4.79 Å². The first-order valence-corrected chi connectivity index (χ1v) is 5.02. The first-order chi connectivity index (χ1) is 7.00. The molecule has 0 spiro atoms. The lowest BCUT2D eigenvalue weighted by Crippen LogP contribution is -2.32. The van der Waals surface area contributed by atoms with Gasteiger partial charge in [-0.15, -0.1) is 0 Å². The first-order valence-electron chi connectivity index (χ1n) is 5.02. The number of aryl methyl sites for hydroxylation is 2. The molecule has 3 heteroatoms. The molecule has 3 nitrogen and oxygen atoms in total. The van der Waals surface area contributed by atoms with Crippen LogP contribution >= 0.6 is 0 Å². The molecule has 0 heterocycles. The summed E-state index contributed by atoms with van der Waals surface area (Å²) in [7, 11) is 0.